The summed E-state index contributed by atoms with van der Waals surface area (Å²) in [5, 5.41) is 5.18. The number of carbonyl (C=O) groups is 2. The highest BCUT2D eigenvalue weighted by Gasteiger charge is 2.20. The minimum Gasteiger partial charge on any atom is -0.459 e. The molecule has 1 rings (SSSR count). The van der Waals surface area contributed by atoms with Crippen LogP contribution in [-0.4, -0.2) is 36.9 Å². The summed E-state index contributed by atoms with van der Waals surface area (Å²) in [6.07, 6.45) is 3.97. The first-order valence-corrected chi connectivity index (χ1v) is 6.63. The van der Waals surface area contributed by atoms with Crippen LogP contribution in [0.15, 0.2) is 22.8 Å². The van der Waals surface area contributed by atoms with Crippen LogP contribution in [0, 0.1) is 0 Å². The van der Waals surface area contributed by atoms with Crippen LogP contribution < -0.4 is 10.6 Å². The van der Waals surface area contributed by atoms with E-state index in [0.29, 0.717) is 6.42 Å². The topological polar surface area (TPSA) is 71.3 Å². The molecule has 0 saturated heterocycles. The number of amides is 2. The van der Waals surface area contributed by atoms with Gasteiger partial charge in [-0.3, -0.25) is 9.59 Å². The number of nitrogens with one attached hydrogen (secondary N) is 2. The summed E-state index contributed by atoms with van der Waals surface area (Å²) in [6.45, 7) is 0. The highest BCUT2D eigenvalue weighted by atomic mass is 32.2. The molecule has 5 nitrogen and oxygen atoms in total. The first kappa shape index (κ1) is 13.6. The van der Waals surface area contributed by atoms with Gasteiger partial charge in [0.05, 0.1) is 6.26 Å². The summed E-state index contributed by atoms with van der Waals surface area (Å²) in [5.74, 6) is 0.447. The Morgan fingerprint density at radius 3 is 2.82 bits per heavy atom. The molecule has 94 valence electrons. The fourth-order valence-electron chi connectivity index (χ4n) is 1.32. The SMILES string of the molecule is CNC(=O)C(CCSC)NC(=O)c1ccco1. The molecule has 2 N–H and O–H groups in total. The normalized spacial score (nSPS) is 11.9. The van der Waals surface area contributed by atoms with Gasteiger partial charge in [-0.1, -0.05) is 0 Å². The van der Waals surface area contributed by atoms with Gasteiger partial charge in [0.2, 0.25) is 5.91 Å². The monoisotopic (exact) mass is 256 g/mol. The van der Waals surface area contributed by atoms with Crippen LogP contribution in [0.5, 0.6) is 0 Å². The van der Waals surface area contributed by atoms with Crippen LogP contribution >= 0.6 is 11.8 Å². The van der Waals surface area contributed by atoms with Gasteiger partial charge in [-0.25, -0.2) is 0 Å². The Balaban J connectivity index is 2.59. The number of carbonyl (C=O) groups excluding carboxylic acids is 2. The molecule has 0 spiro atoms. The summed E-state index contributed by atoms with van der Waals surface area (Å²) in [7, 11) is 1.55. The van der Waals surface area contributed by atoms with Crippen LogP contribution in [-0.2, 0) is 4.79 Å². The van der Waals surface area contributed by atoms with E-state index in [2.05, 4.69) is 10.6 Å². The molecule has 2 amide bonds. The van der Waals surface area contributed by atoms with Gasteiger partial charge < -0.3 is 15.1 Å². The third-order valence-corrected chi connectivity index (χ3v) is 2.87. The summed E-state index contributed by atoms with van der Waals surface area (Å²) in [4.78, 5) is 23.3. The molecular formula is C11H16N2O3S. The molecular weight excluding hydrogens is 240 g/mol. The fourth-order valence-corrected chi connectivity index (χ4v) is 1.79. The minimum atomic E-state index is -0.523. The highest BCUT2D eigenvalue weighted by molar-refractivity contribution is 7.98. The average molecular weight is 256 g/mol. The maximum Gasteiger partial charge on any atom is 0.287 e. The van der Waals surface area contributed by atoms with Crippen LogP contribution in [0.1, 0.15) is 17.0 Å². The predicted molar refractivity (Wildman–Crippen MR) is 67.0 cm³/mol. The lowest BCUT2D eigenvalue weighted by Gasteiger charge is -2.15. The van der Waals surface area contributed by atoms with Crippen LogP contribution in [0.4, 0.5) is 0 Å². The molecule has 0 bridgehead atoms. The first-order valence-electron chi connectivity index (χ1n) is 5.24. The van der Waals surface area contributed by atoms with E-state index >= 15 is 0 Å². The summed E-state index contributed by atoms with van der Waals surface area (Å²) in [6, 6.07) is 2.67. The van der Waals surface area contributed by atoms with Gasteiger partial charge in [0.1, 0.15) is 6.04 Å². The molecule has 1 unspecified atom stereocenters. The van der Waals surface area contributed by atoms with Crippen molar-refractivity contribution in [2.24, 2.45) is 0 Å². The Morgan fingerprint density at radius 2 is 2.29 bits per heavy atom. The highest BCUT2D eigenvalue weighted by Crippen LogP contribution is 2.04. The predicted octanol–water partition coefficient (Wildman–Crippen LogP) is 0.877. The molecule has 1 aromatic rings. The third-order valence-electron chi connectivity index (χ3n) is 2.22. The van der Waals surface area contributed by atoms with Gasteiger partial charge in [-0.05, 0) is 30.6 Å². The molecule has 0 fully saturated rings. The number of furan rings is 1. The van der Waals surface area contributed by atoms with E-state index in [-0.39, 0.29) is 17.6 Å². The van der Waals surface area contributed by atoms with E-state index in [4.69, 9.17) is 4.42 Å². The average Bonchev–Trinajstić information content (AvgIpc) is 2.87. The fraction of sp³-hybridized carbons (Fsp3) is 0.455. The lowest BCUT2D eigenvalue weighted by Crippen LogP contribution is -2.45. The summed E-state index contributed by atoms with van der Waals surface area (Å²) >= 11 is 1.63. The van der Waals surface area contributed by atoms with Gasteiger partial charge in [-0.2, -0.15) is 11.8 Å². The molecule has 0 aliphatic carbocycles. The van der Waals surface area contributed by atoms with Gasteiger partial charge >= 0.3 is 0 Å². The van der Waals surface area contributed by atoms with Crippen LogP contribution in [0.2, 0.25) is 0 Å². The summed E-state index contributed by atoms with van der Waals surface area (Å²) in [5.41, 5.74) is 0. The van der Waals surface area contributed by atoms with E-state index in [0.717, 1.165) is 5.75 Å². The van der Waals surface area contributed by atoms with Crippen molar-refractivity contribution in [1.29, 1.82) is 0 Å². The van der Waals surface area contributed by atoms with E-state index in [9.17, 15) is 9.59 Å². The zero-order chi connectivity index (χ0) is 12.7. The van der Waals surface area contributed by atoms with E-state index in [1.807, 2.05) is 6.26 Å². The van der Waals surface area contributed by atoms with E-state index in [1.165, 1.54) is 6.26 Å². The Bertz CT molecular complexity index is 365. The number of hydrogen-bond donors (Lipinski definition) is 2. The lowest BCUT2D eigenvalue weighted by molar-refractivity contribution is -0.122. The largest absolute Gasteiger partial charge is 0.459 e. The number of rotatable bonds is 6. The molecule has 0 aliphatic rings. The van der Waals surface area contributed by atoms with Crippen LogP contribution in [0.3, 0.4) is 0 Å². The van der Waals surface area contributed by atoms with Crippen molar-refractivity contribution in [3.05, 3.63) is 24.2 Å². The third kappa shape index (κ3) is 4.14. The molecule has 0 aliphatic heterocycles. The molecule has 0 aromatic carbocycles. The van der Waals surface area contributed by atoms with Crippen molar-refractivity contribution in [3.63, 3.8) is 0 Å². The molecule has 1 heterocycles. The first-order chi connectivity index (χ1) is 8.19. The van der Waals surface area contributed by atoms with Gasteiger partial charge in [0, 0.05) is 7.05 Å². The van der Waals surface area contributed by atoms with E-state index in [1.54, 1.807) is 30.9 Å². The van der Waals surface area contributed by atoms with Crippen molar-refractivity contribution in [3.8, 4) is 0 Å². The molecule has 1 aromatic heterocycles. The van der Waals surface area contributed by atoms with Crippen molar-refractivity contribution in [1.82, 2.24) is 10.6 Å². The standard InChI is InChI=1S/C11H16N2O3S/c1-12-10(14)8(5-7-17-2)13-11(15)9-4-3-6-16-9/h3-4,6,8H,5,7H2,1-2H3,(H,12,14)(H,13,15). The number of thioether (sulfide) groups is 1. The summed E-state index contributed by atoms with van der Waals surface area (Å²) < 4.78 is 4.97. The number of hydrogen-bond acceptors (Lipinski definition) is 4. The van der Waals surface area contributed by atoms with Crippen molar-refractivity contribution in [2.75, 3.05) is 19.1 Å². The minimum absolute atomic E-state index is 0.195. The Kier molecular flexibility index (Phi) is 5.62. The lowest BCUT2D eigenvalue weighted by atomic mass is 10.2. The van der Waals surface area contributed by atoms with Crippen molar-refractivity contribution < 1.29 is 14.0 Å². The quantitative estimate of drug-likeness (QED) is 0.792. The maximum atomic E-state index is 11.7. The molecule has 0 saturated carbocycles. The second-order valence-electron chi connectivity index (χ2n) is 3.40. The van der Waals surface area contributed by atoms with Crippen molar-refractivity contribution >= 4 is 23.6 Å². The van der Waals surface area contributed by atoms with Gasteiger partial charge in [-0.15, -0.1) is 0 Å². The molecule has 17 heavy (non-hydrogen) atoms. The second-order valence-corrected chi connectivity index (χ2v) is 4.38. The van der Waals surface area contributed by atoms with Gasteiger partial charge in [0.25, 0.3) is 5.91 Å². The Hall–Kier alpha value is -1.43. The van der Waals surface area contributed by atoms with Crippen LogP contribution in [0.25, 0.3) is 0 Å². The zero-order valence-electron chi connectivity index (χ0n) is 9.86. The number of likely N-dealkylation sites (N-methyl/N-ethyl adjacent to an activating group) is 1. The van der Waals surface area contributed by atoms with E-state index < -0.39 is 6.04 Å². The Morgan fingerprint density at radius 1 is 1.53 bits per heavy atom. The molecule has 1 atom stereocenters. The molecule has 6 heteroatoms. The second kappa shape index (κ2) is 7.01. The smallest absolute Gasteiger partial charge is 0.287 e. The molecule has 0 radical (unpaired) electrons. The maximum absolute atomic E-state index is 11.7. The Labute approximate surface area is 104 Å². The van der Waals surface area contributed by atoms with Gasteiger partial charge in [0.15, 0.2) is 5.76 Å². The van der Waals surface area contributed by atoms with Crippen molar-refractivity contribution in [2.45, 2.75) is 12.5 Å². The zero-order valence-corrected chi connectivity index (χ0v) is 10.7.